The van der Waals surface area contributed by atoms with Gasteiger partial charge in [0, 0.05) is 43.0 Å². The van der Waals surface area contributed by atoms with Crippen molar-refractivity contribution in [2.24, 2.45) is 11.7 Å². The quantitative estimate of drug-likeness (QED) is 0.401. The van der Waals surface area contributed by atoms with Gasteiger partial charge in [-0.3, -0.25) is 9.69 Å². The zero-order chi connectivity index (χ0) is 26.2. The van der Waals surface area contributed by atoms with Crippen molar-refractivity contribution in [2.75, 3.05) is 45.9 Å². The Morgan fingerprint density at radius 1 is 1.14 bits per heavy atom. The van der Waals surface area contributed by atoms with Gasteiger partial charge in [0.25, 0.3) is 0 Å². The van der Waals surface area contributed by atoms with Crippen molar-refractivity contribution in [1.82, 2.24) is 19.4 Å². The van der Waals surface area contributed by atoms with E-state index in [0.717, 1.165) is 36.6 Å². The number of nitrogens with zero attached hydrogens (tertiary/aromatic N) is 4. The largest absolute Gasteiger partial charge is 0.379 e. The molecule has 0 radical (unpaired) electrons. The molecule has 0 unspecified atom stereocenters. The van der Waals surface area contributed by atoms with Crippen molar-refractivity contribution >= 4 is 17.5 Å². The third-order valence-corrected chi connectivity index (χ3v) is 6.98. The number of benzene rings is 2. The van der Waals surface area contributed by atoms with Gasteiger partial charge in [-0.05, 0) is 36.6 Å². The molecule has 1 atom stereocenters. The highest BCUT2D eigenvalue weighted by molar-refractivity contribution is 6.30. The predicted molar refractivity (Wildman–Crippen MR) is 148 cm³/mol. The number of halogens is 1. The Morgan fingerprint density at radius 2 is 1.89 bits per heavy atom. The van der Waals surface area contributed by atoms with E-state index < -0.39 is 0 Å². The van der Waals surface area contributed by atoms with Crippen molar-refractivity contribution in [3.05, 3.63) is 77.2 Å². The fraction of sp³-hybridized carbons (Fsp3) is 0.448. The van der Waals surface area contributed by atoms with Crippen molar-refractivity contribution < 1.29 is 9.53 Å². The molecule has 2 heterocycles. The van der Waals surface area contributed by atoms with Crippen molar-refractivity contribution in [2.45, 2.75) is 32.9 Å². The topological polar surface area (TPSA) is 76.6 Å². The van der Waals surface area contributed by atoms with Gasteiger partial charge in [-0.15, -0.1) is 0 Å². The molecule has 1 aliphatic heterocycles. The average molecular weight is 524 g/mol. The van der Waals surface area contributed by atoms with Crippen LogP contribution in [0, 0.1) is 5.92 Å². The van der Waals surface area contributed by atoms with Crippen LogP contribution in [0.1, 0.15) is 37.7 Å². The number of carbonyl (C=O) groups is 1. The highest BCUT2D eigenvalue weighted by atomic mass is 35.5. The first kappa shape index (κ1) is 27.3. The molecule has 0 saturated carbocycles. The molecule has 8 heteroatoms. The summed E-state index contributed by atoms with van der Waals surface area (Å²) in [6.45, 7) is 9.32. The molecular weight excluding hydrogens is 486 g/mol. The lowest BCUT2D eigenvalue weighted by Crippen LogP contribution is -2.47. The van der Waals surface area contributed by atoms with Crippen molar-refractivity contribution in [1.29, 1.82) is 0 Å². The average Bonchev–Trinajstić information content (AvgIpc) is 3.30. The summed E-state index contributed by atoms with van der Waals surface area (Å²) in [6, 6.07) is 17.9. The number of carbonyl (C=O) groups excluding carboxylic acids is 1. The molecule has 198 valence electrons. The van der Waals surface area contributed by atoms with Crippen LogP contribution in [0.5, 0.6) is 0 Å². The van der Waals surface area contributed by atoms with Crippen molar-refractivity contribution in [3.8, 4) is 11.3 Å². The summed E-state index contributed by atoms with van der Waals surface area (Å²) in [7, 11) is 0. The number of imidazole rings is 1. The number of aromatic nitrogens is 2. The molecule has 0 bridgehead atoms. The molecule has 1 aromatic heterocycles. The van der Waals surface area contributed by atoms with Crippen LogP contribution in [-0.2, 0) is 16.1 Å². The number of ether oxygens (including phenoxy) is 1. The number of hydrogen-bond acceptors (Lipinski definition) is 5. The van der Waals surface area contributed by atoms with Crippen molar-refractivity contribution in [3.63, 3.8) is 0 Å². The molecule has 0 aliphatic carbocycles. The van der Waals surface area contributed by atoms with Gasteiger partial charge in [0.2, 0.25) is 5.91 Å². The van der Waals surface area contributed by atoms with E-state index in [1.54, 1.807) is 0 Å². The second kappa shape index (κ2) is 13.2. The summed E-state index contributed by atoms with van der Waals surface area (Å²) in [5.41, 5.74) is 8.88. The molecule has 1 fully saturated rings. The Bertz CT molecular complexity index is 1140. The minimum atomic E-state index is -0.197. The van der Waals surface area contributed by atoms with E-state index >= 15 is 0 Å². The molecule has 3 aromatic rings. The summed E-state index contributed by atoms with van der Waals surface area (Å²) in [4.78, 5) is 23.1. The summed E-state index contributed by atoms with van der Waals surface area (Å²) in [6.07, 6.45) is 2.82. The van der Waals surface area contributed by atoms with E-state index in [1.807, 2.05) is 47.4 Å². The van der Waals surface area contributed by atoms with Gasteiger partial charge in [-0.1, -0.05) is 67.9 Å². The van der Waals surface area contributed by atoms with Gasteiger partial charge in [0.1, 0.15) is 5.82 Å². The summed E-state index contributed by atoms with van der Waals surface area (Å²) in [5, 5.41) is 0.669. The lowest BCUT2D eigenvalue weighted by Gasteiger charge is -2.36. The molecule has 1 amide bonds. The molecule has 4 rings (SSSR count). The number of nitrogens with two attached hydrogens (primary N) is 1. The Balaban J connectivity index is 1.73. The van der Waals surface area contributed by atoms with Crippen LogP contribution in [0.2, 0.25) is 5.02 Å². The molecular formula is C29H38ClN5O2. The van der Waals surface area contributed by atoms with Crippen LogP contribution in [0.4, 0.5) is 0 Å². The van der Waals surface area contributed by atoms with Crippen LogP contribution in [0.15, 0.2) is 60.8 Å². The number of amides is 1. The number of rotatable bonds is 11. The third-order valence-electron chi connectivity index (χ3n) is 6.74. The smallest absolute Gasteiger partial charge is 0.237 e. The first-order valence-electron chi connectivity index (χ1n) is 13.1. The van der Waals surface area contributed by atoms with Crippen LogP contribution in [0.3, 0.4) is 0 Å². The summed E-state index contributed by atoms with van der Waals surface area (Å²) < 4.78 is 7.67. The van der Waals surface area contributed by atoms with E-state index in [0.29, 0.717) is 44.4 Å². The number of morpholine rings is 1. The lowest BCUT2D eigenvalue weighted by atomic mass is 10.0. The lowest BCUT2D eigenvalue weighted by molar-refractivity contribution is -0.137. The second-order valence-corrected chi connectivity index (χ2v) is 10.4. The standard InChI is InChI=1S/C29H38ClN5O2/c1-22(2)28(35(13-7-12-31)27(36)21-33-14-16-37-17-15-33)29-32-26(24-10-6-11-25(30)18-24)20-34(29)19-23-8-4-3-5-9-23/h3-6,8-11,18,20,22,28H,7,12-17,19,21,31H2,1-2H3/t28-/m1/s1. The van der Waals surface area contributed by atoms with E-state index in [1.165, 1.54) is 5.56 Å². The van der Waals surface area contributed by atoms with Gasteiger partial charge in [-0.25, -0.2) is 4.98 Å². The van der Waals surface area contributed by atoms with Gasteiger partial charge < -0.3 is 19.9 Å². The Morgan fingerprint density at radius 3 is 2.57 bits per heavy atom. The maximum Gasteiger partial charge on any atom is 0.237 e. The van der Waals surface area contributed by atoms with E-state index in [2.05, 4.69) is 41.6 Å². The fourth-order valence-electron chi connectivity index (χ4n) is 4.88. The minimum Gasteiger partial charge on any atom is -0.379 e. The van der Waals surface area contributed by atoms with Crippen LogP contribution < -0.4 is 5.73 Å². The minimum absolute atomic E-state index is 0.104. The molecule has 37 heavy (non-hydrogen) atoms. The Labute approximate surface area is 225 Å². The molecule has 7 nitrogen and oxygen atoms in total. The zero-order valence-corrected chi connectivity index (χ0v) is 22.6. The Kier molecular flexibility index (Phi) is 9.75. The van der Waals surface area contributed by atoms with E-state index in [9.17, 15) is 4.79 Å². The van der Waals surface area contributed by atoms with Gasteiger partial charge in [0.15, 0.2) is 0 Å². The fourth-order valence-corrected chi connectivity index (χ4v) is 5.07. The van der Waals surface area contributed by atoms with Gasteiger partial charge in [-0.2, -0.15) is 0 Å². The highest BCUT2D eigenvalue weighted by Gasteiger charge is 2.32. The summed E-state index contributed by atoms with van der Waals surface area (Å²) in [5.74, 6) is 1.13. The van der Waals surface area contributed by atoms with E-state index in [-0.39, 0.29) is 17.9 Å². The zero-order valence-electron chi connectivity index (χ0n) is 21.9. The number of hydrogen-bond donors (Lipinski definition) is 1. The maximum absolute atomic E-state index is 13.8. The third kappa shape index (κ3) is 7.20. The maximum atomic E-state index is 13.8. The van der Waals surface area contributed by atoms with Crippen LogP contribution >= 0.6 is 11.6 Å². The normalized spacial score (nSPS) is 15.2. The van der Waals surface area contributed by atoms with Crippen LogP contribution in [-0.4, -0.2) is 71.2 Å². The highest BCUT2D eigenvalue weighted by Crippen LogP contribution is 2.32. The second-order valence-electron chi connectivity index (χ2n) is 9.91. The summed E-state index contributed by atoms with van der Waals surface area (Å²) >= 11 is 6.31. The monoisotopic (exact) mass is 523 g/mol. The van der Waals surface area contributed by atoms with E-state index in [4.69, 9.17) is 27.1 Å². The predicted octanol–water partition coefficient (Wildman–Crippen LogP) is 4.46. The first-order valence-corrected chi connectivity index (χ1v) is 13.5. The molecule has 2 aromatic carbocycles. The molecule has 2 N–H and O–H groups in total. The SMILES string of the molecule is CC(C)[C@H](c1nc(-c2cccc(Cl)c2)cn1Cc1ccccc1)N(CCCN)C(=O)CN1CCOCC1. The molecule has 0 spiro atoms. The van der Waals surface area contributed by atoms with Gasteiger partial charge in [0.05, 0.1) is 31.5 Å². The molecule has 1 saturated heterocycles. The Hall–Kier alpha value is -2.71. The van der Waals surface area contributed by atoms with Gasteiger partial charge >= 0.3 is 0 Å². The first-order chi connectivity index (χ1) is 18.0. The molecule has 1 aliphatic rings. The van der Waals surface area contributed by atoms with Crippen LogP contribution in [0.25, 0.3) is 11.3 Å².